The molecule has 1 aliphatic heterocycles. The second-order valence-corrected chi connectivity index (χ2v) is 4.69. The molecule has 2 rings (SSSR count). The van der Waals surface area contributed by atoms with E-state index in [-0.39, 0.29) is 17.8 Å². The van der Waals surface area contributed by atoms with E-state index in [1.807, 2.05) is 6.07 Å². The van der Waals surface area contributed by atoms with Crippen LogP contribution in [0.1, 0.15) is 25.3 Å². The largest absolute Gasteiger partial charge is 0.337 e. The minimum Gasteiger partial charge on any atom is -0.337 e. The highest BCUT2D eigenvalue weighted by Gasteiger charge is 2.30. The minimum atomic E-state index is -0.250. The normalized spacial score (nSPS) is 19.6. The average Bonchev–Trinajstić information content (AvgIpc) is 2.69. The van der Waals surface area contributed by atoms with Crippen molar-refractivity contribution in [3.8, 4) is 0 Å². The maximum absolute atomic E-state index is 13.1. The van der Waals surface area contributed by atoms with Crippen LogP contribution in [0.25, 0.3) is 0 Å². The van der Waals surface area contributed by atoms with Gasteiger partial charge >= 0.3 is 0 Å². The predicted molar refractivity (Wildman–Crippen MR) is 68.5 cm³/mol. The molecule has 1 fully saturated rings. The highest BCUT2D eigenvalue weighted by Crippen LogP contribution is 2.15. The third-order valence-corrected chi connectivity index (χ3v) is 3.20. The molecule has 0 radical (unpaired) electrons. The van der Waals surface area contributed by atoms with Crippen LogP contribution in [-0.2, 0) is 11.3 Å². The number of nitrogens with one attached hydrogen (secondary N) is 1. The third kappa shape index (κ3) is 3.07. The van der Waals surface area contributed by atoms with Gasteiger partial charge in [-0.3, -0.25) is 4.79 Å². The first-order chi connectivity index (χ1) is 8.70. The Morgan fingerprint density at radius 1 is 1.50 bits per heavy atom. The summed E-state index contributed by atoms with van der Waals surface area (Å²) in [6, 6.07) is 6.38. The lowest BCUT2D eigenvalue weighted by Crippen LogP contribution is -2.38. The van der Waals surface area contributed by atoms with Crippen LogP contribution in [0.15, 0.2) is 24.3 Å². The molecular formula is C14H19FN2O. The van der Waals surface area contributed by atoms with Crippen LogP contribution >= 0.6 is 0 Å². The number of carbonyl (C=O) groups excluding carboxylic acids is 1. The number of rotatable bonds is 5. The van der Waals surface area contributed by atoms with Crippen molar-refractivity contribution in [1.82, 2.24) is 10.2 Å². The van der Waals surface area contributed by atoms with E-state index in [1.165, 1.54) is 12.1 Å². The number of amides is 1. The number of halogens is 1. The van der Waals surface area contributed by atoms with Crippen LogP contribution in [0.5, 0.6) is 0 Å². The predicted octanol–water partition coefficient (Wildman–Crippen LogP) is 1.93. The lowest BCUT2D eigenvalue weighted by atomic mass is 10.2. The maximum Gasteiger partial charge on any atom is 0.240 e. The molecule has 1 atom stereocenters. The van der Waals surface area contributed by atoms with E-state index in [2.05, 4.69) is 12.2 Å². The molecule has 4 heteroatoms. The summed E-state index contributed by atoms with van der Waals surface area (Å²) in [6.07, 6.45) is 1.86. The third-order valence-electron chi connectivity index (χ3n) is 3.20. The van der Waals surface area contributed by atoms with Gasteiger partial charge in [0.2, 0.25) is 5.91 Å². The fourth-order valence-electron chi connectivity index (χ4n) is 2.26. The van der Waals surface area contributed by atoms with Crippen LogP contribution in [0.2, 0.25) is 0 Å². The molecule has 0 aromatic heterocycles. The van der Waals surface area contributed by atoms with E-state index in [1.54, 1.807) is 11.0 Å². The minimum absolute atomic E-state index is 0.0569. The van der Waals surface area contributed by atoms with E-state index >= 15 is 0 Å². The smallest absolute Gasteiger partial charge is 0.240 e. The molecule has 0 spiro atoms. The molecule has 1 amide bonds. The Kier molecular flexibility index (Phi) is 4.31. The standard InChI is InChI=1S/C14H19FN2O/c1-2-7-16-13-6-8-17(14(13)18)10-11-4-3-5-12(15)9-11/h3-5,9,13,16H,2,6-8,10H2,1H3. The molecule has 98 valence electrons. The zero-order valence-corrected chi connectivity index (χ0v) is 10.7. The van der Waals surface area contributed by atoms with Crippen molar-refractivity contribution in [2.24, 2.45) is 0 Å². The highest BCUT2D eigenvalue weighted by atomic mass is 19.1. The van der Waals surface area contributed by atoms with Crippen molar-refractivity contribution < 1.29 is 9.18 Å². The van der Waals surface area contributed by atoms with Crippen LogP contribution < -0.4 is 5.32 Å². The van der Waals surface area contributed by atoms with Gasteiger partial charge in [0, 0.05) is 13.1 Å². The van der Waals surface area contributed by atoms with Crippen molar-refractivity contribution in [1.29, 1.82) is 0 Å². The Hall–Kier alpha value is -1.42. The number of benzene rings is 1. The van der Waals surface area contributed by atoms with Gasteiger partial charge in [-0.25, -0.2) is 4.39 Å². The van der Waals surface area contributed by atoms with E-state index in [0.717, 1.165) is 31.5 Å². The summed E-state index contributed by atoms with van der Waals surface area (Å²) >= 11 is 0. The molecular weight excluding hydrogens is 231 g/mol. The first kappa shape index (κ1) is 13.0. The highest BCUT2D eigenvalue weighted by molar-refractivity contribution is 5.83. The molecule has 0 saturated carbocycles. The molecule has 1 saturated heterocycles. The van der Waals surface area contributed by atoms with Gasteiger partial charge in [-0.2, -0.15) is 0 Å². The number of hydrogen-bond acceptors (Lipinski definition) is 2. The lowest BCUT2D eigenvalue weighted by Gasteiger charge is -2.17. The summed E-state index contributed by atoms with van der Waals surface area (Å²) in [7, 11) is 0. The van der Waals surface area contributed by atoms with Gasteiger partial charge in [-0.05, 0) is 37.1 Å². The first-order valence-electron chi connectivity index (χ1n) is 6.47. The summed E-state index contributed by atoms with van der Waals surface area (Å²) in [5.74, 6) is -0.118. The van der Waals surface area contributed by atoms with Crippen molar-refractivity contribution in [3.63, 3.8) is 0 Å². The Bertz CT molecular complexity index is 422. The zero-order valence-electron chi connectivity index (χ0n) is 10.7. The fraction of sp³-hybridized carbons (Fsp3) is 0.500. The summed E-state index contributed by atoms with van der Waals surface area (Å²) in [4.78, 5) is 13.9. The number of likely N-dealkylation sites (tertiary alicyclic amines) is 1. The van der Waals surface area contributed by atoms with Crippen LogP contribution in [0.3, 0.4) is 0 Å². The van der Waals surface area contributed by atoms with Gasteiger partial charge in [-0.1, -0.05) is 19.1 Å². The molecule has 0 bridgehead atoms. The van der Waals surface area contributed by atoms with Gasteiger partial charge in [-0.15, -0.1) is 0 Å². The first-order valence-corrected chi connectivity index (χ1v) is 6.47. The van der Waals surface area contributed by atoms with Crippen molar-refractivity contribution >= 4 is 5.91 Å². The second kappa shape index (κ2) is 5.96. The monoisotopic (exact) mass is 250 g/mol. The van der Waals surface area contributed by atoms with E-state index in [4.69, 9.17) is 0 Å². The van der Waals surface area contributed by atoms with Gasteiger partial charge in [0.1, 0.15) is 5.82 Å². The summed E-state index contributed by atoms with van der Waals surface area (Å²) < 4.78 is 13.1. The summed E-state index contributed by atoms with van der Waals surface area (Å²) in [6.45, 7) is 4.19. The Morgan fingerprint density at radius 2 is 2.33 bits per heavy atom. The molecule has 1 unspecified atom stereocenters. The number of carbonyl (C=O) groups is 1. The van der Waals surface area contributed by atoms with Crippen molar-refractivity contribution in [2.45, 2.75) is 32.4 Å². The van der Waals surface area contributed by atoms with Gasteiger partial charge < -0.3 is 10.2 Å². The Labute approximate surface area is 107 Å². The number of nitrogens with zero attached hydrogens (tertiary/aromatic N) is 1. The summed E-state index contributed by atoms with van der Waals surface area (Å²) in [5, 5.41) is 3.24. The Morgan fingerprint density at radius 3 is 3.06 bits per heavy atom. The van der Waals surface area contributed by atoms with Crippen LogP contribution in [0.4, 0.5) is 4.39 Å². The zero-order chi connectivity index (χ0) is 13.0. The van der Waals surface area contributed by atoms with Crippen LogP contribution in [-0.4, -0.2) is 29.9 Å². The topological polar surface area (TPSA) is 32.3 Å². The molecule has 18 heavy (non-hydrogen) atoms. The molecule has 1 aromatic carbocycles. The second-order valence-electron chi connectivity index (χ2n) is 4.69. The molecule has 1 aromatic rings. The van der Waals surface area contributed by atoms with Crippen molar-refractivity contribution in [3.05, 3.63) is 35.6 Å². The maximum atomic E-state index is 13.1. The van der Waals surface area contributed by atoms with E-state index in [0.29, 0.717) is 6.54 Å². The Balaban J connectivity index is 1.93. The molecule has 3 nitrogen and oxygen atoms in total. The average molecular weight is 250 g/mol. The molecule has 1 N–H and O–H groups in total. The van der Waals surface area contributed by atoms with Crippen molar-refractivity contribution in [2.75, 3.05) is 13.1 Å². The van der Waals surface area contributed by atoms with E-state index in [9.17, 15) is 9.18 Å². The summed E-state index contributed by atoms with van der Waals surface area (Å²) in [5.41, 5.74) is 0.847. The van der Waals surface area contributed by atoms with E-state index < -0.39 is 0 Å². The SMILES string of the molecule is CCCNC1CCN(Cc2cccc(F)c2)C1=O. The van der Waals surface area contributed by atoms with Crippen LogP contribution in [0, 0.1) is 5.82 Å². The molecule has 1 heterocycles. The van der Waals surface area contributed by atoms with Gasteiger partial charge in [0.05, 0.1) is 6.04 Å². The van der Waals surface area contributed by atoms with Gasteiger partial charge in [0.15, 0.2) is 0 Å². The molecule has 0 aliphatic carbocycles. The van der Waals surface area contributed by atoms with Gasteiger partial charge in [0.25, 0.3) is 0 Å². The lowest BCUT2D eigenvalue weighted by molar-refractivity contribution is -0.129. The quantitative estimate of drug-likeness (QED) is 0.866. The fourth-order valence-corrected chi connectivity index (χ4v) is 2.26. The molecule has 1 aliphatic rings. The number of hydrogen-bond donors (Lipinski definition) is 1.